The van der Waals surface area contributed by atoms with E-state index in [0.29, 0.717) is 12.3 Å². The summed E-state index contributed by atoms with van der Waals surface area (Å²) in [5, 5.41) is 0. The van der Waals surface area contributed by atoms with E-state index < -0.39 is 0 Å². The van der Waals surface area contributed by atoms with Crippen molar-refractivity contribution in [2.24, 2.45) is 0 Å². The molecule has 4 heteroatoms. The molecule has 2 aromatic heterocycles. The van der Waals surface area contributed by atoms with E-state index in [1.54, 1.807) is 36.6 Å². The molecule has 15 heavy (non-hydrogen) atoms. The number of carbonyl (C=O) groups is 1. The standard InChI is InChI=1S/C11H11NO3/c1-12(7-9-4-6-14-8-9)11(13)10-3-2-5-15-10/h2-6,8H,7H2,1H3. The fourth-order valence-corrected chi connectivity index (χ4v) is 1.32. The van der Waals surface area contributed by atoms with E-state index in [0.717, 1.165) is 5.56 Å². The third-order valence-electron chi connectivity index (χ3n) is 2.08. The van der Waals surface area contributed by atoms with Crippen molar-refractivity contribution in [2.45, 2.75) is 6.54 Å². The number of hydrogen-bond acceptors (Lipinski definition) is 3. The van der Waals surface area contributed by atoms with Gasteiger partial charge in [0.2, 0.25) is 0 Å². The molecule has 1 amide bonds. The lowest BCUT2D eigenvalue weighted by Crippen LogP contribution is -2.25. The van der Waals surface area contributed by atoms with Gasteiger partial charge in [-0.05, 0) is 18.2 Å². The first-order chi connectivity index (χ1) is 7.27. The molecule has 0 bridgehead atoms. The smallest absolute Gasteiger partial charge is 0.289 e. The molecule has 0 spiro atoms. The summed E-state index contributed by atoms with van der Waals surface area (Å²) in [6.45, 7) is 0.510. The molecule has 0 aliphatic carbocycles. The zero-order chi connectivity index (χ0) is 10.7. The van der Waals surface area contributed by atoms with Crippen molar-refractivity contribution in [1.29, 1.82) is 0 Å². The van der Waals surface area contributed by atoms with Gasteiger partial charge in [-0.2, -0.15) is 0 Å². The first-order valence-electron chi connectivity index (χ1n) is 4.57. The molecule has 0 aromatic carbocycles. The van der Waals surface area contributed by atoms with Gasteiger partial charge in [0.25, 0.3) is 5.91 Å². The second-order valence-corrected chi connectivity index (χ2v) is 3.27. The molecule has 0 saturated heterocycles. The zero-order valence-corrected chi connectivity index (χ0v) is 8.34. The van der Waals surface area contributed by atoms with Crippen LogP contribution in [0.25, 0.3) is 0 Å². The summed E-state index contributed by atoms with van der Waals surface area (Å²) in [4.78, 5) is 13.3. The van der Waals surface area contributed by atoms with Gasteiger partial charge >= 0.3 is 0 Å². The fourth-order valence-electron chi connectivity index (χ4n) is 1.32. The van der Waals surface area contributed by atoms with Crippen LogP contribution in [0.1, 0.15) is 16.1 Å². The SMILES string of the molecule is CN(Cc1ccoc1)C(=O)c1ccco1. The molecule has 2 heterocycles. The monoisotopic (exact) mass is 205 g/mol. The Balaban J connectivity index is 2.03. The third-order valence-corrected chi connectivity index (χ3v) is 2.08. The highest BCUT2D eigenvalue weighted by Gasteiger charge is 2.14. The van der Waals surface area contributed by atoms with Gasteiger partial charge in [0.15, 0.2) is 5.76 Å². The quantitative estimate of drug-likeness (QED) is 0.771. The molecule has 78 valence electrons. The van der Waals surface area contributed by atoms with Crippen LogP contribution in [0.2, 0.25) is 0 Å². The predicted molar refractivity (Wildman–Crippen MR) is 53.2 cm³/mol. The fraction of sp³-hybridized carbons (Fsp3) is 0.182. The Morgan fingerprint density at radius 3 is 2.87 bits per heavy atom. The summed E-state index contributed by atoms with van der Waals surface area (Å²) < 4.78 is 9.95. The molecule has 2 aromatic rings. The van der Waals surface area contributed by atoms with Crippen LogP contribution in [0.5, 0.6) is 0 Å². The predicted octanol–water partition coefficient (Wildman–Crippen LogP) is 2.14. The van der Waals surface area contributed by atoms with Gasteiger partial charge < -0.3 is 13.7 Å². The second-order valence-electron chi connectivity index (χ2n) is 3.27. The van der Waals surface area contributed by atoms with Crippen LogP contribution >= 0.6 is 0 Å². The van der Waals surface area contributed by atoms with Gasteiger partial charge in [-0.15, -0.1) is 0 Å². The molecule has 0 atom stereocenters. The Kier molecular flexibility index (Phi) is 2.58. The van der Waals surface area contributed by atoms with E-state index >= 15 is 0 Å². The summed E-state index contributed by atoms with van der Waals surface area (Å²) in [6, 6.07) is 5.17. The van der Waals surface area contributed by atoms with E-state index in [2.05, 4.69) is 0 Å². The Hall–Kier alpha value is -1.97. The van der Waals surface area contributed by atoms with Gasteiger partial charge in [0.05, 0.1) is 18.8 Å². The summed E-state index contributed by atoms with van der Waals surface area (Å²) in [7, 11) is 1.72. The van der Waals surface area contributed by atoms with Crippen molar-refractivity contribution in [2.75, 3.05) is 7.05 Å². The summed E-state index contributed by atoms with van der Waals surface area (Å²) >= 11 is 0. The van der Waals surface area contributed by atoms with Gasteiger partial charge in [-0.25, -0.2) is 0 Å². The minimum atomic E-state index is -0.138. The van der Waals surface area contributed by atoms with E-state index in [1.165, 1.54) is 6.26 Å². The number of carbonyl (C=O) groups excluding carboxylic acids is 1. The Morgan fingerprint density at radius 1 is 1.40 bits per heavy atom. The van der Waals surface area contributed by atoms with E-state index in [4.69, 9.17) is 8.83 Å². The molecule has 0 radical (unpaired) electrons. The topological polar surface area (TPSA) is 46.6 Å². The highest BCUT2D eigenvalue weighted by molar-refractivity contribution is 5.91. The average molecular weight is 205 g/mol. The third kappa shape index (κ3) is 2.10. The molecular weight excluding hydrogens is 194 g/mol. The molecular formula is C11H11NO3. The minimum absolute atomic E-state index is 0.138. The van der Waals surface area contributed by atoms with Gasteiger partial charge in [0.1, 0.15) is 0 Å². The normalized spacial score (nSPS) is 10.2. The maximum absolute atomic E-state index is 11.7. The Morgan fingerprint density at radius 2 is 2.27 bits per heavy atom. The molecule has 0 saturated carbocycles. The Bertz CT molecular complexity index is 417. The van der Waals surface area contributed by atoms with E-state index in [-0.39, 0.29) is 5.91 Å². The summed E-state index contributed by atoms with van der Waals surface area (Å²) in [5.74, 6) is 0.210. The highest BCUT2D eigenvalue weighted by atomic mass is 16.3. The lowest BCUT2D eigenvalue weighted by atomic mass is 10.3. The molecule has 0 unspecified atom stereocenters. The number of nitrogens with zero attached hydrogens (tertiary/aromatic N) is 1. The van der Waals surface area contributed by atoms with Crippen LogP contribution in [0.4, 0.5) is 0 Å². The second kappa shape index (κ2) is 4.04. The molecule has 0 aliphatic heterocycles. The van der Waals surface area contributed by atoms with Crippen molar-refractivity contribution in [3.05, 3.63) is 48.3 Å². The van der Waals surface area contributed by atoms with Crippen LogP contribution in [0.3, 0.4) is 0 Å². The molecule has 2 rings (SSSR count). The first kappa shape index (κ1) is 9.58. The number of hydrogen-bond donors (Lipinski definition) is 0. The molecule has 0 fully saturated rings. The number of rotatable bonds is 3. The first-order valence-corrected chi connectivity index (χ1v) is 4.57. The number of amides is 1. The Labute approximate surface area is 87.1 Å². The van der Waals surface area contributed by atoms with E-state index in [9.17, 15) is 4.79 Å². The maximum Gasteiger partial charge on any atom is 0.289 e. The van der Waals surface area contributed by atoms with Crippen LogP contribution < -0.4 is 0 Å². The largest absolute Gasteiger partial charge is 0.472 e. The van der Waals surface area contributed by atoms with Crippen molar-refractivity contribution in [3.63, 3.8) is 0 Å². The molecule has 4 nitrogen and oxygen atoms in total. The lowest BCUT2D eigenvalue weighted by molar-refractivity contribution is 0.0753. The van der Waals surface area contributed by atoms with Crippen LogP contribution in [0.15, 0.2) is 45.8 Å². The summed E-state index contributed by atoms with van der Waals surface area (Å²) in [5.41, 5.74) is 0.956. The average Bonchev–Trinajstić information content (AvgIpc) is 2.88. The van der Waals surface area contributed by atoms with Gasteiger partial charge in [-0.1, -0.05) is 0 Å². The lowest BCUT2D eigenvalue weighted by Gasteiger charge is -2.13. The molecule has 0 aliphatic rings. The minimum Gasteiger partial charge on any atom is -0.472 e. The maximum atomic E-state index is 11.7. The van der Waals surface area contributed by atoms with Crippen molar-refractivity contribution in [1.82, 2.24) is 4.90 Å². The van der Waals surface area contributed by atoms with E-state index in [1.807, 2.05) is 6.07 Å². The number of furan rings is 2. The van der Waals surface area contributed by atoms with Crippen LogP contribution in [-0.4, -0.2) is 17.9 Å². The highest BCUT2D eigenvalue weighted by Crippen LogP contribution is 2.08. The van der Waals surface area contributed by atoms with Gasteiger partial charge in [-0.3, -0.25) is 4.79 Å². The van der Waals surface area contributed by atoms with Crippen LogP contribution in [0, 0.1) is 0 Å². The van der Waals surface area contributed by atoms with Crippen molar-refractivity contribution in [3.8, 4) is 0 Å². The molecule has 0 N–H and O–H groups in total. The summed E-state index contributed by atoms with van der Waals surface area (Å²) in [6.07, 6.45) is 4.69. The van der Waals surface area contributed by atoms with Crippen LogP contribution in [-0.2, 0) is 6.54 Å². The van der Waals surface area contributed by atoms with Crippen molar-refractivity contribution >= 4 is 5.91 Å². The van der Waals surface area contributed by atoms with Gasteiger partial charge in [0, 0.05) is 19.2 Å². The zero-order valence-electron chi connectivity index (χ0n) is 8.34. The van der Waals surface area contributed by atoms with Crippen molar-refractivity contribution < 1.29 is 13.6 Å².